The minimum atomic E-state index is -4.42. The Morgan fingerprint density at radius 1 is 0.853 bits per heavy atom. The van der Waals surface area contributed by atoms with E-state index in [-0.39, 0.29) is 18.3 Å². The summed E-state index contributed by atoms with van der Waals surface area (Å²) in [5.41, 5.74) is 1.77. The van der Waals surface area contributed by atoms with E-state index in [1.54, 1.807) is 30.3 Å². The van der Waals surface area contributed by atoms with Gasteiger partial charge in [0, 0.05) is 44.8 Å². The molecule has 1 saturated heterocycles. The predicted octanol–water partition coefficient (Wildman–Crippen LogP) is 5.10. The smallest absolute Gasteiger partial charge is 0.367 e. The lowest BCUT2D eigenvalue weighted by Crippen LogP contribution is -2.46. The summed E-state index contributed by atoms with van der Waals surface area (Å²) in [6.07, 6.45) is -4.42. The van der Waals surface area contributed by atoms with E-state index in [2.05, 4.69) is 10.2 Å². The van der Waals surface area contributed by atoms with Crippen molar-refractivity contribution in [2.75, 3.05) is 31.1 Å². The average molecular weight is 471 g/mol. The van der Waals surface area contributed by atoms with Crippen LogP contribution in [0.25, 0.3) is 0 Å². The maximum Gasteiger partial charge on any atom is 0.416 e. The monoisotopic (exact) mass is 471 g/mol. The number of rotatable bonds is 6. The van der Waals surface area contributed by atoms with Crippen LogP contribution in [0.2, 0.25) is 0 Å². The number of carbonyl (C=O) groups excluding carboxylic acids is 1. The van der Waals surface area contributed by atoms with Crippen LogP contribution in [0, 0.1) is 5.82 Å². The van der Waals surface area contributed by atoms with Crippen molar-refractivity contribution in [3.05, 3.63) is 101 Å². The van der Waals surface area contributed by atoms with Crippen LogP contribution in [0.5, 0.6) is 0 Å². The molecule has 3 aromatic carbocycles. The van der Waals surface area contributed by atoms with E-state index < -0.39 is 11.7 Å². The van der Waals surface area contributed by atoms with Crippen LogP contribution < -0.4 is 10.2 Å². The van der Waals surface area contributed by atoms with E-state index in [0.29, 0.717) is 16.8 Å². The van der Waals surface area contributed by atoms with Crippen LogP contribution in [0.15, 0.2) is 72.8 Å². The van der Waals surface area contributed by atoms with Crippen LogP contribution in [-0.4, -0.2) is 37.0 Å². The normalized spacial score (nSPS) is 14.8. The van der Waals surface area contributed by atoms with Gasteiger partial charge in [0.05, 0.1) is 11.3 Å². The number of hydrogen-bond donors (Lipinski definition) is 1. The number of hydrogen-bond acceptors (Lipinski definition) is 3. The maximum absolute atomic E-state index is 14.0. The van der Waals surface area contributed by atoms with Gasteiger partial charge in [-0.3, -0.25) is 9.69 Å². The van der Waals surface area contributed by atoms with Crippen molar-refractivity contribution >= 4 is 11.6 Å². The van der Waals surface area contributed by atoms with Crippen molar-refractivity contribution in [3.8, 4) is 0 Å². The predicted molar refractivity (Wildman–Crippen MR) is 123 cm³/mol. The fraction of sp³-hybridized carbons (Fsp3) is 0.269. The quantitative estimate of drug-likeness (QED) is 0.509. The van der Waals surface area contributed by atoms with Gasteiger partial charge in [0.1, 0.15) is 5.82 Å². The van der Waals surface area contributed by atoms with Gasteiger partial charge in [0.15, 0.2) is 0 Å². The third-order valence-corrected chi connectivity index (χ3v) is 5.90. The van der Waals surface area contributed by atoms with Gasteiger partial charge in [0.25, 0.3) is 5.91 Å². The summed E-state index contributed by atoms with van der Waals surface area (Å²) in [6.45, 7) is 3.79. The van der Waals surface area contributed by atoms with Gasteiger partial charge >= 0.3 is 6.18 Å². The molecule has 0 saturated carbocycles. The van der Waals surface area contributed by atoms with Crippen LogP contribution in [0.1, 0.15) is 27.0 Å². The molecule has 0 radical (unpaired) electrons. The number of halogens is 4. The highest BCUT2D eigenvalue weighted by Crippen LogP contribution is 2.29. The van der Waals surface area contributed by atoms with Gasteiger partial charge in [-0.2, -0.15) is 13.2 Å². The number of benzene rings is 3. The molecule has 178 valence electrons. The van der Waals surface area contributed by atoms with Crippen LogP contribution in [-0.2, 0) is 19.3 Å². The second-order valence-electron chi connectivity index (χ2n) is 8.29. The lowest BCUT2D eigenvalue weighted by Gasteiger charge is -2.36. The van der Waals surface area contributed by atoms with Crippen LogP contribution >= 0.6 is 0 Å². The van der Waals surface area contributed by atoms with Crippen molar-refractivity contribution in [3.63, 3.8) is 0 Å². The number of anilines is 1. The third kappa shape index (κ3) is 5.94. The summed E-state index contributed by atoms with van der Waals surface area (Å²) in [5, 5.41) is 2.67. The number of para-hydroxylation sites is 1. The number of alkyl halides is 3. The minimum Gasteiger partial charge on any atom is -0.367 e. The van der Waals surface area contributed by atoms with E-state index >= 15 is 0 Å². The van der Waals surface area contributed by atoms with E-state index in [1.807, 2.05) is 23.1 Å². The standard InChI is InChI=1S/C26H25F4N3O/c27-23-6-1-2-7-24(23)33-14-12-32(13-15-33)18-19-8-10-21(11-9-19)25(34)31-17-20-4-3-5-22(16-20)26(28,29)30/h1-11,16H,12-15,17-18H2,(H,31,34). The first-order valence-electron chi connectivity index (χ1n) is 11.0. The largest absolute Gasteiger partial charge is 0.416 e. The summed E-state index contributed by atoms with van der Waals surface area (Å²) in [5.74, 6) is -0.555. The Kier molecular flexibility index (Phi) is 7.17. The Balaban J connectivity index is 1.27. The molecule has 0 aromatic heterocycles. The Morgan fingerprint density at radius 2 is 1.56 bits per heavy atom. The molecule has 0 spiro atoms. The molecule has 4 rings (SSSR count). The lowest BCUT2D eigenvalue weighted by atomic mass is 10.1. The van der Waals surface area contributed by atoms with Gasteiger partial charge in [-0.15, -0.1) is 0 Å². The van der Waals surface area contributed by atoms with Crippen molar-refractivity contribution in [2.45, 2.75) is 19.3 Å². The first kappa shape index (κ1) is 23.8. The molecule has 1 aliphatic rings. The van der Waals surface area contributed by atoms with Crippen molar-refractivity contribution in [1.82, 2.24) is 10.2 Å². The van der Waals surface area contributed by atoms with Crippen molar-refractivity contribution in [2.24, 2.45) is 0 Å². The molecular formula is C26H25F4N3O. The third-order valence-electron chi connectivity index (χ3n) is 5.90. The highest BCUT2D eigenvalue weighted by atomic mass is 19.4. The summed E-state index contributed by atoms with van der Waals surface area (Å²) in [4.78, 5) is 16.7. The molecule has 4 nitrogen and oxygen atoms in total. The highest BCUT2D eigenvalue weighted by Gasteiger charge is 2.30. The second kappa shape index (κ2) is 10.3. The maximum atomic E-state index is 14.0. The van der Waals surface area contributed by atoms with Gasteiger partial charge < -0.3 is 10.2 Å². The molecule has 1 aliphatic heterocycles. The SMILES string of the molecule is O=C(NCc1cccc(C(F)(F)F)c1)c1ccc(CN2CCN(c3ccccc3F)CC2)cc1. The van der Waals surface area contributed by atoms with Crippen molar-refractivity contribution in [1.29, 1.82) is 0 Å². The summed E-state index contributed by atoms with van der Waals surface area (Å²) < 4.78 is 52.5. The molecule has 1 fully saturated rings. The second-order valence-corrected chi connectivity index (χ2v) is 8.29. The number of carbonyl (C=O) groups is 1. The number of piperazine rings is 1. The van der Waals surface area contributed by atoms with Gasteiger partial charge in [-0.05, 0) is 47.5 Å². The zero-order valence-electron chi connectivity index (χ0n) is 18.5. The molecule has 1 heterocycles. The zero-order chi connectivity index (χ0) is 24.1. The number of amides is 1. The summed E-state index contributed by atoms with van der Waals surface area (Å²) in [6, 6.07) is 18.9. The molecular weight excluding hydrogens is 446 g/mol. The fourth-order valence-corrected chi connectivity index (χ4v) is 4.02. The number of nitrogens with zero attached hydrogens (tertiary/aromatic N) is 2. The first-order chi connectivity index (χ1) is 16.3. The van der Waals surface area contributed by atoms with Gasteiger partial charge in [-0.25, -0.2) is 4.39 Å². The molecule has 0 atom stereocenters. The molecule has 0 unspecified atom stereocenters. The zero-order valence-corrected chi connectivity index (χ0v) is 18.5. The first-order valence-corrected chi connectivity index (χ1v) is 11.0. The molecule has 0 bridgehead atoms. The van der Waals surface area contributed by atoms with Crippen molar-refractivity contribution < 1.29 is 22.4 Å². The van der Waals surface area contributed by atoms with Crippen LogP contribution in [0.3, 0.4) is 0 Å². The molecule has 0 aliphatic carbocycles. The topological polar surface area (TPSA) is 35.6 Å². The molecule has 1 N–H and O–H groups in total. The molecule has 8 heteroatoms. The Hall–Kier alpha value is -3.39. The Morgan fingerprint density at radius 3 is 2.24 bits per heavy atom. The van der Waals surface area contributed by atoms with Gasteiger partial charge in [0.2, 0.25) is 0 Å². The molecule has 3 aromatic rings. The lowest BCUT2D eigenvalue weighted by molar-refractivity contribution is -0.137. The fourth-order valence-electron chi connectivity index (χ4n) is 4.02. The van der Waals surface area contributed by atoms with E-state index in [4.69, 9.17) is 0 Å². The highest BCUT2D eigenvalue weighted by molar-refractivity contribution is 5.94. The average Bonchev–Trinajstić information content (AvgIpc) is 2.84. The minimum absolute atomic E-state index is 0.0107. The van der Waals surface area contributed by atoms with E-state index in [9.17, 15) is 22.4 Å². The summed E-state index contributed by atoms with van der Waals surface area (Å²) >= 11 is 0. The van der Waals surface area contributed by atoms with Gasteiger partial charge in [-0.1, -0.05) is 36.4 Å². The van der Waals surface area contributed by atoms with E-state index in [1.165, 1.54) is 12.1 Å². The Labute approximate surface area is 195 Å². The Bertz CT molecular complexity index is 1120. The van der Waals surface area contributed by atoms with E-state index in [0.717, 1.165) is 50.4 Å². The molecule has 34 heavy (non-hydrogen) atoms. The summed E-state index contributed by atoms with van der Waals surface area (Å²) in [7, 11) is 0. The molecule has 1 amide bonds. The number of nitrogens with one attached hydrogen (secondary N) is 1. The van der Waals surface area contributed by atoms with Crippen LogP contribution in [0.4, 0.5) is 23.2 Å².